The number of ketones is 1. The van der Waals surface area contributed by atoms with Gasteiger partial charge in [-0.2, -0.15) is 0 Å². The van der Waals surface area contributed by atoms with Gasteiger partial charge in [-0.15, -0.1) is 0 Å². The fourth-order valence-corrected chi connectivity index (χ4v) is 2.02. The quantitative estimate of drug-likeness (QED) is 0.683. The highest BCUT2D eigenvalue weighted by Crippen LogP contribution is 2.26. The number of hydrogen-bond donors (Lipinski definition) is 0. The molecule has 0 bridgehead atoms. The van der Waals surface area contributed by atoms with Gasteiger partial charge in [0.25, 0.3) is 0 Å². The maximum atomic E-state index is 11.4. The van der Waals surface area contributed by atoms with E-state index in [0.29, 0.717) is 5.92 Å². The molecule has 0 aromatic heterocycles. The summed E-state index contributed by atoms with van der Waals surface area (Å²) >= 11 is 0. The molecule has 0 saturated heterocycles. The predicted octanol–water partition coefficient (Wildman–Crippen LogP) is 4.17. The molecular formula is C15H16O. The molecule has 0 radical (unpaired) electrons. The van der Waals surface area contributed by atoms with Crippen LogP contribution in [0.4, 0.5) is 0 Å². The second-order valence-electron chi connectivity index (χ2n) is 4.49. The van der Waals surface area contributed by atoms with Crippen molar-refractivity contribution in [1.82, 2.24) is 0 Å². The zero-order valence-electron chi connectivity index (χ0n) is 9.95. The first kappa shape index (κ1) is 10.9. The van der Waals surface area contributed by atoms with Gasteiger partial charge in [-0.05, 0) is 35.2 Å². The SMILES string of the molecule is CC(=O)c1ccc2cccc(C(C)C)c2c1. The molecule has 0 heterocycles. The van der Waals surface area contributed by atoms with Crippen LogP contribution in [0.5, 0.6) is 0 Å². The lowest BCUT2D eigenvalue weighted by molar-refractivity contribution is 0.101. The molecule has 1 heteroatoms. The minimum Gasteiger partial charge on any atom is -0.295 e. The van der Waals surface area contributed by atoms with Crippen molar-refractivity contribution in [3.05, 3.63) is 47.5 Å². The zero-order valence-corrected chi connectivity index (χ0v) is 9.95. The van der Waals surface area contributed by atoms with Crippen molar-refractivity contribution >= 4 is 16.6 Å². The van der Waals surface area contributed by atoms with Crippen LogP contribution in [-0.4, -0.2) is 5.78 Å². The summed E-state index contributed by atoms with van der Waals surface area (Å²) in [6, 6.07) is 12.2. The highest BCUT2D eigenvalue weighted by Gasteiger charge is 2.07. The van der Waals surface area contributed by atoms with Crippen LogP contribution in [0.1, 0.15) is 42.6 Å². The van der Waals surface area contributed by atoms with Gasteiger partial charge in [-0.3, -0.25) is 4.79 Å². The van der Waals surface area contributed by atoms with Crippen LogP contribution in [0.25, 0.3) is 10.8 Å². The van der Waals surface area contributed by atoms with E-state index in [1.54, 1.807) is 6.92 Å². The second kappa shape index (κ2) is 4.09. The number of rotatable bonds is 2. The van der Waals surface area contributed by atoms with E-state index in [0.717, 1.165) is 5.56 Å². The van der Waals surface area contributed by atoms with Crippen LogP contribution in [0.3, 0.4) is 0 Å². The van der Waals surface area contributed by atoms with Crippen LogP contribution >= 0.6 is 0 Å². The number of Topliss-reactive ketones (excluding diaryl/α,β-unsaturated/α-hetero) is 1. The number of carbonyl (C=O) groups excluding carboxylic acids is 1. The number of carbonyl (C=O) groups is 1. The zero-order chi connectivity index (χ0) is 11.7. The Kier molecular flexibility index (Phi) is 2.78. The van der Waals surface area contributed by atoms with Gasteiger partial charge < -0.3 is 0 Å². The average molecular weight is 212 g/mol. The van der Waals surface area contributed by atoms with Crippen molar-refractivity contribution in [3.63, 3.8) is 0 Å². The molecule has 0 unspecified atom stereocenters. The Morgan fingerprint density at radius 2 is 1.88 bits per heavy atom. The summed E-state index contributed by atoms with van der Waals surface area (Å²) < 4.78 is 0. The van der Waals surface area contributed by atoms with E-state index in [2.05, 4.69) is 32.0 Å². The van der Waals surface area contributed by atoms with E-state index in [1.165, 1.54) is 16.3 Å². The Morgan fingerprint density at radius 3 is 2.50 bits per heavy atom. The molecule has 0 spiro atoms. The third kappa shape index (κ3) is 1.85. The van der Waals surface area contributed by atoms with E-state index in [9.17, 15) is 4.79 Å². The molecule has 1 nitrogen and oxygen atoms in total. The van der Waals surface area contributed by atoms with Crippen molar-refractivity contribution in [3.8, 4) is 0 Å². The van der Waals surface area contributed by atoms with E-state index in [4.69, 9.17) is 0 Å². The third-order valence-electron chi connectivity index (χ3n) is 2.94. The van der Waals surface area contributed by atoms with Crippen molar-refractivity contribution in [2.75, 3.05) is 0 Å². The van der Waals surface area contributed by atoms with Crippen molar-refractivity contribution in [2.24, 2.45) is 0 Å². The van der Waals surface area contributed by atoms with Gasteiger partial charge in [0, 0.05) is 5.56 Å². The minimum absolute atomic E-state index is 0.125. The molecule has 2 rings (SSSR count). The highest BCUT2D eigenvalue weighted by molar-refractivity contribution is 5.99. The van der Waals surface area contributed by atoms with Crippen molar-refractivity contribution in [2.45, 2.75) is 26.7 Å². The lowest BCUT2D eigenvalue weighted by Crippen LogP contribution is -1.94. The van der Waals surface area contributed by atoms with Gasteiger partial charge in [0.2, 0.25) is 0 Å². The fourth-order valence-electron chi connectivity index (χ4n) is 2.02. The Balaban J connectivity index is 2.73. The number of hydrogen-bond acceptors (Lipinski definition) is 1. The van der Waals surface area contributed by atoms with Gasteiger partial charge in [0.05, 0.1) is 0 Å². The highest BCUT2D eigenvalue weighted by atomic mass is 16.1. The molecule has 0 N–H and O–H groups in total. The standard InChI is InChI=1S/C15H16O/c1-10(2)14-6-4-5-12-7-8-13(11(3)16)9-15(12)14/h4-10H,1-3H3. The molecule has 0 fully saturated rings. The average Bonchev–Trinajstić information content (AvgIpc) is 2.27. The Labute approximate surface area is 96.1 Å². The molecule has 0 aliphatic rings. The van der Waals surface area contributed by atoms with Gasteiger partial charge in [-0.25, -0.2) is 0 Å². The summed E-state index contributed by atoms with van der Waals surface area (Å²) in [5.74, 6) is 0.603. The molecule has 2 aromatic carbocycles. The smallest absolute Gasteiger partial charge is 0.159 e. The van der Waals surface area contributed by atoms with Crippen LogP contribution in [-0.2, 0) is 0 Å². The predicted molar refractivity (Wildman–Crippen MR) is 68.0 cm³/mol. The number of benzene rings is 2. The first-order valence-corrected chi connectivity index (χ1v) is 5.63. The summed E-state index contributed by atoms with van der Waals surface area (Å²) in [7, 11) is 0. The molecule has 2 aromatic rings. The van der Waals surface area contributed by atoms with E-state index < -0.39 is 0 Å². The molecule has 0 aliphatic carbocycles. The molecule has 0 amide bonds. The first-order chi connectivity index (χ1) is 7.59. The first-order valence-electron chi connectivity index (χ1n) is 5.63. The lowest BCUT2D eigenvalue weighted by Gasteiger charge is -2.10. The topological polar surface area (TPSA) is 17.1 Å². The summed E-state index contributed by atoms with van der Waals surface area (Å²) in [6.45, 7) is 5.96. The van der Waals surface area contributed by atoms with Gasteiger partial charge in [-0.1, -0.05) is 44.2 Å². The lowest BCUT2D eigenvalue weighted by atomic mass is 9.94. The molecule has 82 valence electrons. The molecule has 16 heavy (non-hydrogen) atoms. The summed E-state index contributed by atoms with van der Waals surface area (Å²) in [4.78, 5) is 11.4. The monoisotopic (exact) mass is 212 g/mol. The Hall–Kier alpha value is -1.63. The second-order valence-corrected chi connectivity index (χ2v) is 4.49. The Morgan fingerprint density at radius 1 is 1.12 bits per heavy atom. The summed E-state index contributed by atoms with van der Waals surface area (Å²) in [5.41, 5.74) is 2.10. The van der Waals surface area contributed by atoms with Crippen LogP contribution in [0, 0.1) is 0 Å². The summed E-state index contributed by atoms with van der Waals surface area (Å²) in [5, 5.41) is 2.40. The minimum atomic E-state index is 0.125. The third-order valence-corrected chi connectivity index (χ3v) is 2.94. The molecule has 0 atom stereocenters. The maximum Gasteiger partial charge on any atom is 0.159 e. The van der Waals surface area contributed by atoms with Crippen molar-refractivity contribution in [1.29, 1.82) is 0 Å². The van der Waals surface area contributed by atoms with Crippen LogP contribution in [0.15, 0.2) is 36.4 Å². The van der Waals surface area contributed by atoms with E-state index >= 15 is 0 Å². The number of fused-ring (bicyclic) bond motifs is 1. The van der Waals surface area contributed by atoms with E-state index in [-0.39, 0.29) is 5.78 Å². The Bertz CT molecular complexity index is 538. The van der Waals surface area contributed by atoms with Crippen LogP contribution < -0.4 is 0 Å². The molecule has 0 aliphatic heterocycles. The summed E-state index contributed by atoms with van der Waals surface area (Å²) in [6.07, 6.45) is 0. The van der Waals surface area contributed by atoms with Gasteiger partial charge in [0.15, 0.2) is 5.78 Å². The largest absolute Gasteiger partial charge is 0.295 e. The van der Waals surface area contributed by atoms with Gasteiger partial charge in [0.1, 0.15) is 0 Å². The van der Waals surface area contributed by atoms with Gasteiger partial charge >= 0.3 is 0 Å². The van der Waals surface area contributed by atoms with Crippen molar-refractivity contribution < 1.29 is 4.79 Å². The van der Waals surface area contributed by atoms with E-state index in [1.807, 2.05) is 18.2 Å². The fraction of sp³-hybridized carbons (Fsp3) is 0.267. The normalized spacial score (nSPS) is 11.0. The maximum absolute atomic E-state index is 11.4. The molecular weight excluding hydrogens is 196 g/mol. The molecule has 0 saturated carbocycles. The van der Waals surface area contributed by atoms with Crippen LogP contribution in [0.2, 0.25) is 0 Å².